The van der Waals surface area contributed by atoms with Gasteiger partial charge in [0.05, 0.1) is 18.1 Å². The molecule has 1 heterocycles. The fourth-order valence-corrected chi connectivity index (χ4v) is 4.86. The van der Waals surface area contributed by atoms with Crippen molar-refractivity contribution in [3.63, 3.8) is 0 Å². The normalized spacial score (nSPS) is 14.7. The van der Waals surface area contributed by atoms with Crippen LogP contribution in [0.15, 0.2) is 47.4 Å². The number of sulfonamides is 1. The molecule has 33 heavy (non-hydrogen) atoms. The lowest BCUT2D eigenvalue weighted by molar-refractivity contribution is 0.0374. The number of rotatable bonds is 11. The quantitative estimate of drug-likeness (QED) is 0.487. The van der Waals surface area contributed by atoms with E-state index in [2.05, 4.69) is 21.9 Å². The number of anilines is 1. The summed E-state index contributed by atoms with van der Waals surface area (Å²) in [6.45, 7) is 8.73. The van der Waals surface area contributed by atoms with Crippen molar-refractivity contribution in [1.82, 2.24) is 10.2 Å². The van der Waals surface area contributed by atoms with E-state index in [0.717, 1.165) is 64.1 Å². The molecule has 0 aliphatic carbocycles. The maximum absolute atomic E-state index is 12.9. The lowest BCUT2D eigenvalue weighted by Crippen LogP contribution is -2.38. The first-order valence-corrected chi connectivity index (χ1v) is 13.2. The lowest BCUT2D eigenvalue weighted by atomic mass is 10.1. The largest absolute Gasteiger partial charge is 0.379 e. The number of ether oxygens (including phenoxy) is 1. The molecule has 0 aromatic heterocycles. The van der Waals surface area contributed by atoms with Crippen molar-refractivity contribution < 1.29 is 17.9 Å². The van der Waals surface area contributed by atoms with Gasteiger partial charge in [-0.15, -0.1) is 0 Å². The van der Waals surface area contributed by atoms with E-state index in [0.29, 0.717) is 17.8 Å². The molecule has 7 nitrogen and oxygen atoms in total. The fraction of sp³-hybridized carbons (Fsp3) is 0.480. The Bertz CT molecular complexity index is 1020. The molecule has 3 rings (SSSR count). The van der Waals surface area contributed by atoms with E-state index in [9.17, 15) is 13.2 Å². The number of nitrogens with one attached hydrogen (secondary N) is 2. The van der Waals surface area contributed by atoms with Gasteiger partial charge in [0.25, 0.3) is 15.9 Å². The summed E-state index contributed by atoms with van der Waals surface area (Å²) in [5.74, 6) is -0.258. The highest BCUT2D eigenvalue weighted by molar-refractivity contribution is 7.92. The SMILES string of the molecule is CCCCc1ccc(NS(=O)(=O)c2ccc(C)c(C(=O)NCCCN3CCOCC3)c2)cc1. The van der Waals surface area contributed by atoms with E-state index in [4.69, 9.17) is 4.74 Å². The molecule has 1 saturated heterocycles. The number of unbranched alkanes of at least 4 members (excludes halogenated alkanes) is 1. The highest BCUT2D eigenvalue weighted by atomic mass is 32.2. The molecular weight excluding hydrogens is 438 g/mol. The van der Waals surface area contributed by atoms with Crippen LogP contribution in [-0.2, 0) is 21.2 Å². The van der Waals surface area contributed by atoms with Crippen LogP contribution in [0.25, 0.3) is 0 Å². The van der Waals surface area contributed by atoms with Gasteiger partial charge in [0.15, 0.2) is 0 Å². The van der Waals surface area contributed by atoms with Crippen LogP contribution in [0.5, 0.6) is 0 Å². The molecule has 8 heteroatoms. The topological polar surface area (TPSA) is 87.7 Å². The number of aryl methyl sites for hydroxylation is 2. The van der Waals surface area contributed by atoms with E-state index in [1.54, 1.807) is 18.2 Å². The summed E-state index contributed by atoms with van der Waals surface area (Å²) in [6, 6.07) is 12.1. The van der Waals surface area contributed by atoms with Crippen molar-refractivity contribution in [3.05, 3.63) is 59.2 Å². The summed E-state index contributed by atoms with van der Waals surface area (Å²) >= 11 is 0. The second kappa shape index (κ2) is 12.2. The van der Waals surface area contributed by atoms with Gasteiger partial charge < -0.3 is 10.1 Å². The standard InChI is InChI=1S/C25H35N3O4S/c1-3-4-6-21-8-10-22(11-9-21)27-33(30,31)23-12-7-20(2)24(19-23)25(29)26-13-5-14-28-15-17-32-18-16-28/h7-12,19,27H,3-6,13-18H2,1-2H3,(H,26,29). The minimum Gasteiger partial charge on any atom is -0.379 e. The second-order valence-corrected chi connectivity index (χ2v) is 10.1. The van der Waals surface area contributed by atoms with Crippen LogP contribution in [0.2, 0.25) is 0 Å². The predicted molar refractivity (Wildman–Crippen MR) is 131 cm³/mol. The van der Waals surface area contributed by atoms with Gasteiger partial charge >= 0.3 is 0 Å². The first kappa shape index (κ1) is 25.2. The zero-order valence-corrected chi connectivity index (χ0v) is 20.4. The Balaban J connectivity index is 1.59. The first-order chi connectivity index (χ1) is 15.9. The molecule has 2 N–H and O–H groups in total. The average molecular weight is 474 g/mol. The maximum Gasteiger partial charge on any atom is 0.261 e. The molecule has 1 aliphatic heterocycles. The number of benzene rings is 2. The summed E-state index contributed by atoms with van der Waals surface area (Å²) in [4.78, 5) is 15.1. The Hall–Kier alpha value is -2.42. The molecule has 1 fully saturated rings. The molecule has 0 unspecified atom stereocenters. The number of amides is 1. The Labute approximate surface area is 197 Å². The third-order valence-electron chi connectivity index (χ3n) is 5.83. The van der Waals surface area contributed by atoms with Crippen LogP contribution in [0.1, 0.15) is 47.7 Å². The molecular formula is C25H35N3O4S. The van der Waals surface area contributed by atoms with Crippen molar-refractivity contribution in [3.8, 4) is 0 Å². The zero-order chi connectivity index (χ0) is 23.7. The van der Waals surface area contributed by atoms with Crippen molar-refractivity contribution in [2.45, 2.75) is 44.4 Å². The molecule has 0 radical (unpaired) electrons. The molecule has 1 aliphatic rings. The summed E-state index contributed by atoms with van der Waals surface area (Å²) in [5.41, 5.74) is 2.80. The molecule has 2 aromatic carbocycles. The van der Waals surface area contributed by atoms with Gasteiger partial charge in [0, 0.05) is 30.9 Å². The minimum atomic E-state index is -3.80. The molecule has 0 saturated carbocycles. The van der Waals surface area contributed by atoms with Crippen molar-refractivity contribution in [2.24, 2.45) is 0 Å². The average Bonchev–Trinajstić information content (AvgIpc) is 2.82. The maximum atomic E-state index is 12.9. The summed E-state index contributed by atoms with van der Waals surface area (Å²) in [6.07, 6.45) is 4.03. The highest BCUT2D eigenvalue weighted by Gasteiger charge is 2.18. The summed E-state index contributed by atoms with van der Waals surface area (Å²) in [7, 11) is -3.80. The Kier molecular flexibility index (Phi) is 9.29. The van der Waals surface area contributed by atoms with Gasteiger partial charge in [-0.05, 0) is 68.1 Å². The van der Waals surface area contributed by atoms with Crippen LogP contribution in [0.3, 0.4) is 0 Å². The Morgan fingerprint density at radius 2 is 1.79 bits per heavy atom. The zero-order valence-electron chi connectivity index (χ0n) is 19.6. The number of carbonyl (C=O) groups is 1. The van der Waals surface area contributed by atoms with Crippen LogP contribution in [0, 0.1) is 6.92 Å². The molecule has 0 atom stereocenters. The number of hydrogen-bond donors (Lipinski definition) is 2. The van der Waals surface area contributed by atoms with Crippen LogP contribution >= 0.6 is 0 Å². The Morgan fingerprint density at radius 3 is 2.48 bits per heavy atom. The number of morpholine rings is 1. The molecule has 0 spiro atoms. The van der Waals surface area contributed by atoms with Crippen molar-refractivity contribution in [1.29, 1.82) is 0 Å². The van der Waals surface area contributed by atoms with Gasteiger partial charge in [-0.25, -0.2) is 8.42 Å². The van der Waals surface area contributed by atoms with Crippen molar-refractivity contribution in [2.75, 3.05) is 44.1 Å². The van der Waals surface area contributed by atoms with E-state index in [1.807, 2.05) is 19.1 Å². The van der Waals surface area contributed by atoms with Gasteiger partial charge in [-0.3, -0.25) is 14.4 Å². The minimum absolute atomic E-state index is 0.0710. The van der Waals surface area contributed by atoms with Crippen LogP contribution in [-0.4, -0.2) is 58.6 Å². The summed E-state index contributed by atoms with van der Waals surface area (Å²) in [5, 5.41) is 2.92. The smallest absolute Gasteiger partial charge is 0.261 e. The Morgan fingerprint density at radius 1 is 1.06 bits per heavy atom. The van der Waals surface area contributed by atoms with Crippen LogP contribution in [0.4, 0.5) is 5.69 Å². The number of carbonyl (C=O) groups excluding carboxylic acids is 1. The summed E-state index contributed by atoms with van der Waals surface area (Å²) < 4.78 is 33.8. The predicted octanol–water partition coefficient (Wildman–Crippen LogP) is 3.59. The molecule has 180 valence electrons. The van der Waals surface area contributed by atoms with Gasteiger partial charge in [0.1, 0.15) is 0 Å². The van der Waals surface area contributed by atoms with E-state index < -0.39 is 10.0 Å². The monoisotopic (exact) mass is 473 g/mol. The molecule has 0 bridgehead atoms. The number of nitrogens with zero attached hydrogens (tertiary/aromatic N) is 1. The third-order valence-corrected chi connectivity index (χ3v) is 7.21. The number of hydrogen-bond acceptors (Lipinski definition) is 5. The van der Waals surface area contributed by atoms with E-state index in [-0.39, 0.29) is 10.8 Å². The molecule has 1 amide bonds. The highest BCUT2D eigenvalue weighted by Crippen LogP contribution is 2.20. The van der Waals surface area contributed by atoms with Gasteiger partial charge in [-0.2, -0.15) is 0 Å². The van der Waals surface area contributed by atoms with E-state index in [1.165, 1.54) is 17.7 Å². The van der Waals surface area contributed by atoms with Gasteiger partial charge in [0.2, 0.25) is 0 Å². The third kappa shape index (κ3) is 7.55. The fourth-order valence-electron chi connectivity index (χ4n) is 3.77. The first-order valence-electron chi connectivity index (χ1n) is 11.7. The van der Waals surface area contributed by atoms with E-state index >= 15 is 0 Å². The van der Waals surface area contributed by atoms with Crippen LogP contribution < -0.4 is 10.0 Å². The molecule has 2 aromatic rings. The van der Waals surface area contributed by atoms with Crippen molar-refractivity contribution >= 4 is 21.6 Å². The second-order valence-electron chi connectivity index (χ2n) is 8.45. The van der Waals surface area contributed by atoms with Gasteiger partial charge in [-0.1, -0.05) is 31.5 Å². The lowest BCUT2D eigenvalue weighted by Gasteiger charge is -2.26.